The van der Waals surface area contributed by atoms with E-state index in [9.17, 15) is 13.2 Å². The number of anilines is 1. The minimum absolute atomic E-state index is 0.00491. The van der Waals surface area contributed by atoms with Crippen LogP contribution >= 0.6 is 27.5 Å². The molecule has 0 spiro atoms. The second-order valence-electron chi connectivity index (χ2n) is 6.71. The molecule has 10 heteroatoms. The van der Waals surface area contributed by atoms with Crippen LogP contribution in [-0.4, -0.2) is 33.7 Å². The average Bonchev–Trinajstić information content (AvgIpc) is 2.80. The first-order valence-electron chi connectivity index (χ1n) is 9.89. The van der Waals surface area contributed by atoms with Gasteiger partial charge in [0, 0.05) is 15.1 Å². The van der Waals surface area contributed by atoms with Gasteiger partial charge in [0.25, 0.3) is 15.9 Å². The van der Waals surface area contributed by atoms with E-state index in [2.05, 4.69) is 26.5 Å². The first-order chi connectivity index (χ1) is 15.8. The molecule has 0 aliphatic heterocycles. The summed E-state index contributed by atoms with van der Waals surface area (Å²) in [5.74, 6) is -0.0164. The highest BCUT2D eigenvalue weighted by Gasteiger charge is 2.27. The molecule has 0 fully saturated rings. The van der Waals surface area contributed by atoms with E-state index in [1.165, 1.54) is 30.5 Å². The molecule has 3 rings (SSSR count). The molecule has 0 radical (unpaired) electrons. The van der Waals surface area contributed by atoms with Gasteiger partial charge >= 0.3 is 0 Å². The highest BCUT2D eigenvalue weighted by atomic mass is 79.9. The SMILES string of the molecule is CCOc1ccc(N(CC(=O)N/N=C\c2ccccc2Br)S(=O)(=O)c2ccc(Cl)cc2)cc1. The Labute approximate surface area is 206 Å². The number of hydrogen-bond acceptors (Lipinski definition) is 5. The van der Waals surface area contributed by atoms with Crippen LogP contribution in [0.15, 0.2) is 87.3 Å². The van der Waals surface area contributed by atoms with Crippen LogP contribution in [0.3, 0.4) is 0 Å². The second-order valence-corrected chi connectivity index (χ2v) is 9.86. The number of carbonyl (C=O) groups excluding carboxylic acids is 1. The Bertz CT molecular complexity index is 1230. The molecule has 1 N–H and O–H groups in total. The second kappa shape index (κ2) is 11.3. The summed E-state index contributed by atoms with van der Waals surface area (Å²) in [4.78, 5) is 12.6. The first-order valence-corrected chi connectivity index (χ1v) is 12.5. The molecule has 0 atom stereocenters. The van der Waals surface area contributed by atoms with Gasteiger partial charge in [0.1, 0.15) is 12.3 Å². The normalized spacial score (nSPS) is 11.4. The summed E-state index contributed by atoms with van der Waals surface area (Å²) in [6, 6.07) is 19.5. The van der Waals surface area contributed by atoms with Crippen LogP contribution in [0.1, 0.15) is 12.5 Å². The van der Waals surface area contributed by atoms with Gasteiger partial charge in [0.05, 0.1) is 23.4 Å². The number of rotatable bonds is 9. The number of halogens is 2. The van der Waals surface area contributed by atoms with Crippen molar-refractivity contribution in [2.75, 3.05) is 17.5 Å². The van der Waals surface area contributed by atoms with E-state index in [4.69, 9.17) is 16.3 Å². The lowest BCUT2D eigenvalue weighted by Gasteiger charge is -2.24. The van der Waals surface area contributed by atoms with Crippen LogP contribution in [0.4, 0.5) is 5.69 Å². The van der Waals surface area contributed by atoms with E-state index in [0.717, 1.165) is 14.3 Å². The number of carbonyl (C=O) groups is 1. The minimum atomic E-state index is -4.06. The van der Waals surface area contributed by atoms with Crippen molar-refractivity contribution in [1.29, 1.82) is 0 Å². The molecule has 0 bridgehead atoms. The quantitative estimate of drug-likeness (QED) is 0.305. The molecular formula is C23H21BrClN3O4S. The van der Waals surface area contributed by atoms with E-state index in [0.29, 0.717) is 23.1 Å². The van der Waals surface area contributed by atoms with Crippen LogP contribution in [0.25, 0.3) is 0 Å². The van der Waals surface area contributed by atoms with E-state index >= 15 is 0 Å². The Morgan fingerprint density at radius 2 is 1.76 bits per heavy atom. The zero-order chi connectivity index (χ0) is 23.8. The third kappa shape index (κ3) is 6.56. The molecule has 3 aromatic carbocycles. The van der Waals surface area contributed by atoms with Gasteiger partial charge in [0.15, 0.2) is 0 Å². The van der Waals surface area contributed by atoms with Crippen LogP contribution in [0, 0.1) is 0 Å². The average molecular weight is 551 g/mol. The maximum Gasteiger partial charge on any atom is 0.264 e. The molecule has 0 saturated heterocycles. The maximum absolute atomic E-state index is 13.4. The van der Waals surface area contributed by atoms with Crippen LogP contribution in [0.5, 0.6) is 5.75 Å². The number of hydrogen-bond donors (Lipinski definition) is 1. The predicted molar refractivity (Wildman–Crippen MR) is 133 cm³/mol. The number of sulfonamides is 1. The van der Waals surface area contributed by atoms with Crippen molar-refractivity contribution in [2.24, 2.45) is 5.10 Å². The Morgan fingerprint density at radius 1 is 1.09 bits per heavy atom. The van der Waals surface area contributed by atoms with Crippen LogP contribution in [0.2, 0.25) is 5.02 Å². The number of ether oxygens (including phenoxy) is 1. The van der Waals surface area contributed by atoms with E-state index in [-0.39, 0.29) is 4.90 Å². The van der Waals surface area contributed by atoms with Crippen molar-refractivity contribution in [3.05, 3.63) is 87.9 Å². The Hall–Kier alpha value is -2.88. The highest BCUT2D eigenvalue weighted by molar-refractivity contribution is 9.10. The number of benzene rings is 3. The summed E-state index contributed by atoms with van der Waals surface area (Å²) < 4.78 is 34.0. The molecule has 33 heavy (non-hydrogen) atoms. The fraction of sp³-hybridized carbons (Fsp3) is 0.130. The molecule has 0 aliphatic carbocycles. The molecule has 0 unspecified atom stereocenters. The predicted octanol–water partition coefficient (Wildman–Crippen LogP) is 4.85. The highest BCUT2D eigenvalue weighted by Crippen LogP contribution is 2.26. The molecular weight excluding hydrogens is 530 g/mol. The molecule has 3 aromatic rings. The number of nitrogens with one attached hydrogen (secondary N) is 1. The fourth-order valence-electron chi connectivity index (χ4n) is 2.84. The van der Waals surface area contributed by atoms with Gasteiger partial charge in [-0.25, -0.2) is 13.8 Å². The maximum atomic E-state index is 13.4. The molecule has 0 saturated carbocycles. The monoisotopic (exact) mass is 549 g/mol. The largest absolute Gasteiger partial charge is 0.494 e. The van der Waals surface area contributed by atoms with Gasteiger partial charge in [-0.3, -0.25) is 9.10 Å². The summed E-state index contributed by atoms with van der Waals surface area (Å²) >= 11 is 9.30. The van der Waals surface area contributed by atoms with Crippen molar-refractivity contribution in [3.8, 4) is 5.75 Å². The lowest BCUT2D eigenvalue weighted by molar-refractivity contribution is -0.119. The van der Waals surface area contributed by atoms with Gasteiger partial charge in [-0.2, -0.15) is 5.10 Å². The summed E-state index contributed by atoms with van der Waals surface area (Å²) in [6.07, 6.45) is 1.47. The number of hydrazone groups is 1. The topological polar surface area (TPSA) is 88.1 Å². The third-order valence-corrected chi connectivity index (χ3v) is 7.18. The summed E-state index contributed by atoms with van der Waals surface area (Å²) in [6.45, 7) is 1.85. The third-order valence-electron chi connectivity index (χ3n) is 4.42. The zero-order valence-corrected chi connectivity index (χ0v) is 20.8. The lowest BCUT2D eigenvalue weighted by atomic mass is 10.2. The van der Waals surface area contributed by atoms with Gasteiger partial charge < -0.3 is 4.74 Å². The van der Waals surface area contributed by atoms with Crippen LogP contribution < -0.4 is 14.5 Å². The molecule has 0 aliphatic rings. The Balaban J connectivity index is 1.85. The van der Waals surface area contributed by atoms with Crippen molar-refractivity contribution < 1.29 is 17.9 Å². The molecule has 7 nitrogen and oxygen atoms in total. The van der Waals surface area contributed by atoms with E-state index in [1.807, 2.05) is 31.2 Å². The zero-order valence-electron chi connectivity index (χ0n) is 17.6. The fourth-order valence-corrected chi connectivity index (χ4v) is 4.78. The number of nitrogens with zero attached hydrogens (tertiary/aromatic N) is 2. The molecule has 0 aromatic heterocycles. The number of amides is 1. The standard InChI is InChI=1S/C23H21BrClN3O4S/c1-2-32-20-11-9-19(10-12-20)28(33(30,31)21-13-7-18(25)8-14-21)16-23(29)27-26-15-17-5-3-4-6-22(17)24/h3-15H,2,16H2,1H3,(H,27,29)/b26-15-. The van der Waals surface area contributed by atoms with Crippen molar-refractivity contribution in [1.82, 2.24) is 5.43 Å². The minimum Gasteiger partial charge on any atom is -0.494 e. The van der Waals surface area contributed by atoms with E-state index in [1.54, 1.807) is 24.3 Å². The van der Waals surface area contributed by atoms with Gasteiger partial charge in [-0.1, -0.05) is 45.7 Å². The Morgan fingerprint density at radius 3 is 2.39 bits per heavy atom. The van der Waals surface area contributed by atoms with Crippen molar-refractivity contribution >= 4 is 55.4 Å². The van der Waals surface area contributed by atoms with Gasteiger partial charge in [-0.15, -0.1) is 0 Å². The first kappa shape index (κ1) is 24.8. The van der Waals surface area contributed by atoms with Crippen molar-refractivity contribution in [3.63, 3.8) is 0 Å². The smallest absolute Gasteiger partial charge is 0.264 e. The lowest BCUT2D eigenvalue weighted by Crippen LogP contribution is -2.39. The summed E-state index contributed by atoms with van der Waals surface area (Å²) in [7, 11) is -4.06. The Kier molecular flexibility index (Phi) is 8.49. The molecule has 172 valence electrons. The van der Waals surface area contributed by atoms with Gasteiger partial charge in [0.2, 0.25) is 0 Å². The summed E-state index contributed by atoms with van der Waals surface area (Å²) in [5, 5.41) is 4.34. The molecule has 1 amide bonds. The van der Waals surface area contributed by atoms with Crippen molar-refractivity contribution in [2.45, 2.75) is 11.8 Å². The van der Waals surface area contributed by atoms with Gasteiger partial charge in [-0.05, 0) is 61.5 Å². The van der Waals surface area contributed by atoms with E-state index < -0.39 is 22.5 Å². The van der Waals surface area contributed by atoms with Crippen LogP contribution in [-0.2, 0) is 14.8 Å². The summed E-state index contributed by atoms with van der Waals surface area (Å²) in [5.41, 5.74) is 3.44. The molecule has 0 heterocycles.